The Balaban J connectivity index is 2.43. The molecule has 0 aromatic heterocycles. The molecule has 0 amide bonds. The highest BCUT2D eigenvalue weighted by Crippen LogP contribution is 2.41. The number of carboxylic acid groups (broad SMARTS) is 1. The van der Waals surface area contributed by atoms with Crippen molar-refractivity contribution in [1.82, 2.24) is 0 Å². The van der Waals surface area contributed by atoms with Gasteiger partial charge in [0.15, 0.2) is 0 Å². The molecule has 0 unspecified atom stereocenters. The first-order valence-electron chi connectivity index (χ1n) is 6.52. The molecule has 2 rings (SSSR count). The van der Waals surface area contributed by atoms with Crippen molar-refractivity contribution < 1.29 is 9.90 Å². The van der Waals surface area contributed by atoms with Crippen molar-refractivity contribution >= 4 is 5.97 Å². The van der Waals surface area contributed by atoms with Gasteiger partial charge in [0.1, 0.15) is 0 Å². The zero-order chi connectivity index (χ0) is 12.4. The fourth-order valence-electron chi connectivity index (χ4n) is 2.49. The number of aliphatic carboxylic acids is 1. The Morgan fingerprint density at radius 2 is 1.76 bits per heavy atom. The second-order valence-electron chi connectivity index (χ2n) is 4.87. The number of rotatable bonds is 5. The lowest BCUT2D eigenvalue weighted by molar-refractivity contribution is -0.136. The Bertz CT molecular complexity index is 406. The van der Waals surface area contributed by atoms with Crippen LogP contribution >= 0.6 is 0 Å². The van der Waals surface area contributed by atoms with E-state index in [1.165, 1.54) is 29.5 Å². The Hall–Kier alpha value is -1.31. The monoisotopic (exact) mass is 232 g/mol. The summed E-state index contributed by atoms with van der Waals surface area (Å²) >= 11 is 0. The van der Waals surface area contributed by atoms with Gasteiger partial charge in [-0.15, -0.1) is 0 Å². The van der Waals surface area contributed by atoms with Crippen LogP contribution < -0.4 is 0 Å². The van der Waals surface area contributed by atoms with Gasteiger partial charge in [-0.2, -0.15) is 0 Å². The van der Waals surface area contributed by atoms with Gasteiger partial charge >= 0.3 is 5.97 Å². The van der Waals surface area contributed by atoms with E-state index in [1.807, 2.05) is 0 Å². The number of aryl methyl sites for hydroxylation is 2. The standard InChI is InChI=1S/C15H20O2/c1-3-10-7-13(12-5-6-12)8-11(4-2)14(10)9-15(16)17/h7-8,12H,3-6,9H2,1-2H3,(H,16,17). The molecular formula is C15H20O2. The van der Waals surface area contributed by atoms with Crippen molar-refractivity contribution in [3.05, 3.63) is 34.4 Å². The maximum Gasteiger partial charge on any atom is 0.307 e. The fourth-order valence-corrected chi connectivity index (χ4v) is 2.49. The molecule has 1 N–H and O–H groups in total. The third kappa shape index (κ3) is 2.68. The van der Waals surface area contributed by atoms with Crippen molar-refractivity contribution in [2.24, 2.45) is 0 Å². The highest BCUT2D eigenvalue weighted by Gasteiger charge is 2.25. The molecule has 17 heavy (non-hydrogen) atoms. The number of carboxylic acids is 1. The van der Waals surface area contributed by atoms with Crippen LogP contribution in [-0.2, 0) is 24.1 Å². The van der Waals surface area contributed by atoms with E-state index in [2.05, 4.69) is 26.0 Å². The van der Waals surface area contributed by atoms with Crippen LogP contribution in [0.3, 0.4) is 0 Å². The molecule has 92 valence electrons. The summed E-state index contributed by atoms with van der Waals surface area (Å²) in [5.74, 6) is 0.0121. The van der Waals surface area contributed by atoms with Gasteiger partial charge in [0, 0.05) is 0 Å². The predicted octanol–water partition coefficient (Wildman–Crippen LogP) is 3.32. The van der Waals surface area contributed by atoms with E-state index in [0.717, 1.165) is 24.3 Å². The van der Waals surface area contributed by atoms with Crippen LogP contribution in [0, 0.1) is 0 Å². The SMILES string of the molecule is CCc1cc(C2CC2)cc(CC)c1CC(=O)O. The van der Waals surface area contributed by atoms with Crippen LogP contribution in [0.25, 0.3) is 0 Å². The molecule has 0 saturated heterocycles. The minimum absolute atomic E-state index is 0.164. The summed E-state index contributed by atoms with van der Waals surface area (Å²) in [7, 11) is 0. The second kappa shape index (κ2) is 4.91. The molecule has 0 spiro atoms. The Morgan fingerprint density at radius 1 is 1.24 bits per heavy atom. The smallest absolute Gasteiger partial charge is 0.307 e. The number of benzene rings is 1. The maximum absolute atomic E-state index is 10.9. The van der Waals surface area contributed by atoms with Crippen LogP contribution in [0.2, 0.25) is 0 Å². The van der Waals surface area contributed by atoms with Crippen molar-refractivity contribution in [1.29, 1.82) is 0 Å². The van der Waals surface area contributed by atoms with Gasteiger partial charge in [-0.05, 0) is 53.9 Å². The summed E-state index contributed by atoms with van der Waals surface area (Å²) in [5, 5.41) is 9.00. The lowest BCUT2D eigenvalue weighted by atomic mass is 9.91. The van der Waals surface area contributed by atoms with Crippen LogP contribution in [0.15, 0.2) is 12.1 Å². The molecule has 1 saturated carbocycles. The molecule has 0 atom stereocenters. The van der Waals surface area contributed by atoms with Crippen LogP contribution in [0.1, 0.15) is 54.9 Å². The van der Waals surface area contributed by atoms with Gasteiger partial charge in [0.2, 0.25) is 0 Å². The zero-order valence-corrected chi connectivity index (χ0v) is 10.6. The van der Waals surface area contributed by atoms with Crippen LogP contribution in [0.5, 0.6) is 0 Å². The third-order valence-corrected chi connectivity index (χ3v) is 3.60. The molecule has 1 fully saturated rings. The Morgan fingerprint density at radius 3 is 2.12 bits per heavy atom. The van der Waals surface area contributed by atoms with Crippen LogP contribution in [0.4, 0.5) is 0 Å². The summed E-state index contributed by atoms with van der Waals surface area (Å²) in [5.41, 5.74) is 4.93. The molecule has 1 aliphatic rings. The van der Waals surface area contributed by atoms with Gasteiger partial charge in [0.05, 0.1) is 6.42 Å². The minimum Gasteiger partial charge on any atom is -0.481 e. The van der Waals surface area contributed by atoms with Gasteiger partial charge in [-0.1, -0.05) is 26.0 Å². The summed E-state index contributed by atoms with van der Waals surface area (Å²) in [6.45, 7) is 4.22. The summed E-state index contributed by atoms with van der Waals surface area (Å²) in [6.07, 6.45) is 4.61. The molecule has 0 radical (unpaired) electrons. The van der Waals surface area contributed by atoms with Crippen molar-refractivity contribution in [3.8, 4) is 0 Å². The Kier molecular flexibility index (Phi) is 3.51. The minimum atomic E-state index is -0.728. The molecule has 1 aromatic rings. The third-order valence-electron chi connectivity index (χ3n) is 3.60. The predicted molar refractivity (Wildman–Crippen MR) is 68.5 cm³/mol. The summed E-state index contributed by atoms with van der Waals surface area (Å²) < 4.78 is 0. The molecule has 0 heterocycles. The van der Waals surface area contributed by atoms with E-state index in [1.54, 1.807) is 0 Å². The van der Waals surface area contributed by atoms with E-state index < -0.39 is 5.97 Å². The maximum atomic E-state index is 10.9. The van der Waals surface area contributed by atoms with Crippen molar-refractivity contribution in [2.75, 3.05) is 0 Å². The van der Waals surface area contributed by atoms with E-state index in [9.17, 15) is 4.79 Å². The highest BCUT2D eigenvalue weighted by molar-refractivity contribution is 5.71. The lowest BCUT2D eigenvalue weighted by Gasteiger charge is -2.14. The van der Waals surface area contributed by atoms with Crippen LogP contribution in [-0.4, -0.2) is 11.1 Å². The summed E-state index contributed by atoms with van der Waals surface area (Å²) in [6, 6.07) is 4.46. The molecule has 0 bridgehead atoms. The second-order valence-corrected chi connectivity index (χ2v) is 4.87. The fraction of sp³-hybridized carbons (Fsp3) is 0.533. The Labute approximate surface area is 103 Å². The number of hydrogen-bond donors (Lipinski definition) is 1. The largest absolute Gasteiger partial charge is 0.481 e. The van der Waals surface area contributed by atoms with E-state index in [4.69, 9.17) is 5.11 Å². The first kappa shape index (κ1) is 12.2. The quantitative estimate of drug-likeness (QED) is 0.845. The van der Waals surface area contributed by atoms with E-state index in [-0.39, 0.29) is 6.42 Å². The zero-order valence-electron chi connectivity index (χ0n) is 10.6. The van der Waals surface area contributed by atoms with Gasteiger partial charge in [-0.25, -0.2) is 0 Å². The first-order chi connectivity index (χ1) is 8.15. The number of hydrogen-bond acceptors (Lipinski definition) is 1. The molecule has 1 aromatic carbocycles. The molecule has 1 aliphatic carbocycles. The van der Waals surface area contributed by atoms with Gasteiger partial charge < -0.3 is 5.11 Å². The average molecular weight is 232 g/mol. The normalized spacial score (nSPS) is 14.9. The average Bonchev–Trinajstić information content (AvgIpc) is 3.12. The van der Waals surface area contributed by atoms with Gasteiger partial charge in [-0.3, -0.25) is 4.79 Å². The van der Waals surface area contributed by atoms with E-state index >= 15 is 0 Å². The molecular weight excluding hydrogens is 212 g/mol. The topological polar surface area (TPSA) is 37.3 Å². The number of carbonyl (C=O) groups is 1. The molecule has 2 heteroatoms. The lowest BCUT2D eigenvalue weighted by Crippen LogP contribution is -2.08. The highest BCUT2D eigenvalue weighted by atomic mass is 16.4. The van der Waals surface area contributed by atoms with E-state index in [0.29, 0.717) is 0 Å². The van der Waals surface area contributed by atoms with Gasteiger partial charge in [0.25, 0.3) is 0 Å². The molecule has 0 aliphatic heterocycles. The van der Waals surface area contributed by atoms with Crippen molar-refractivity contribution in [3.63, 3.8) is 0 Å². The van der Waals surface area contributed by atoms with Crippen molar-refractivity contribution in [2.45, 2.75) is 51.9 Å². The summed E-state index contributed by atoms with van der Waals surface area (Å²) in [4.78, 5) is 10.9. The molecule has 2 nitrogen and oxygen atoms in total. The first-order valence-corrected chi connectivity index (χ1v) is 6.52.